The van der Waals surface area contributed by atoms with Crippen molar-refractivity contribution in [1.29, 1.82) is 0 Å². The van der Waals surface area contributed by atoms with Crippen LogP contribution >= 0.6 is 0 Å². The summed E-state index contributed by atoms with van der Waals surface area (Å²) in [6.07, 6.45) is 0. The van der Waals surface area contributed by atoms with Gasteiger partial charge >= 0.3 is 0 Å². The van der Waals surface area contributed by atoms with E-state index in [9.17, 15) is 4.21 Å². The molecule has 1 fully saturated rings. The lowest BCUT2D eigenvalue weighted by molar-refractivity contribution is 0.178. The fraction of sp³-hybridized carbons (Fsp3) is 0.667. The Labute approximate surface area is 116 Å². The monoisotopic (exact) mass is 284 g/mol. The minimum atomic E-state index is -0.678. The van der Waals surface area contributed by atoms with Crippen LogP contribution < -0.4 is 10.2 Å². The van der Waals surface area contributed by atoms with Gasteiger partial charge in [0.25, 0.3) is 0 Å². The Morgan fingerprint density at radius 2 is 2.16 bits per heavy atom. The largest absolute Gasteiger partial charge is 0.377 e. The molecule has 1 N–H and O–H groups in total. The molecule has 2 rings (SSSR count). The van der Waals surface area contributed by atoms with Gasteiger partial charge in [0.1, 0.15) is 18.2 Å². The average Bonchev–Trinajstić information content (AvgIpc) is 2.40. The smallest absolute Gasteiger partial charge is 0.158 e. The van der Waals surface area contributed by atoms with Gasteiger partial charge in [0, 0.05) is 55.1 Å². The topological polar surface area (TPSA) is 67.4 Å². The van der Waals surface area contributed by atoms with E-state index in [1.54, 1.807) is 7.11 Å². The van der Waals surface area contributed by atoms with Crippen molar-refractivity contribution in [2.45, 2.75) is 13.5 Å². The van der Waals surface area contributed by atoms with Crippen LogP contribution in [0.4, 0.5) is 11.6 Å². The van der Waals surface area contributed by atoms with Gasteiger partial charge in [-0.25, -0.2) is 9.97 Å². The summed E-state index contributed by atoms with van der Waals surface area (Å²) >= 11 is 0. The van der Waals surface area contributed by atoms with Gasteiger partial charge in [-0.1, -0.05) is 0 Å². The van der Waals surface area contributed by atoms with Gasteiger partial charge in [0.05, 0.1) is 0 Å². The summed E-state index contributed by atoms with van der Waals surface area (Å²) in [5.74, 6) is 3.78. The molecule has 1 aromatic heterocycles. The fourth-order valence-electron chi connectivity index (χ4n) is 1.98. The molecule has 1 aromatic rings. The van der Waals surface area contributed by atoms with Gasteiger partial charge in [-0.15, -0.1) is 0 Å². The van der Waals surface area contributed by atoms with E-state index >= 15 is 0 Å². The summed E-state index contributed by atoms with van der Waals surface area (Å²) in [6, 6.07) is 1.94. The van der Waals surface area contributed by atoms with Crippen LogP contribution in [0, 0.1) is 0 Å². The van der Waals surface area contributed by atoms with E-state index in [0.717, 1.165) is 31.3 Å². The molecule has 1 aliphatic heterocycles. The van der Waals surface area contributed by atoms with Crippen LogP contribution in [-0.2, 0) is 22.1 Å². The van der Waals surface area contributed by atoms with E-state index < -0.39 is 10.8 Å². The molecule has 0 amide bonds. The van der Waals surface area contributed by atoms with Crippen LogP contribution in [0.2, 0.25) is 0 Å². The van der Waals surface area contributed by atoms with Crippen LogP contribution in [0.1, 0.15) is 12.7 Å². The van der Waals surface area contributed by atoms with Gasteiger partial charge < -0.3 is 15.0 Å². The van der Waals surface area contributed by atoms with Gasteiger partial charge in [0.2, 0.25) is 0 Å². The van der Waals surface area contributed by atoms with Crippen molar-refractivity contribution in [3.05, 3.63) is 11.9 Å². The zero-order valence-corrected chi connectivity index (χ0v) is 12.2. The van der Waals surface area contributed by atoms with Crippen LogP contribution in [0.5, 0.6) is 0 Å². The molecule has 106 valence electrons. The third kappa shape index (κ3) is 3.87. The number of hydrogen-bond acceptors (Lipinski definition) is 6. The molecular weight excluding hydrogens is 264 g/mol. The average molecular weight is 284 g/mol. The number of nitrogens with zero attached hydrogens (tertiary/aromatic N) is 3. The number of rotatable bonds is 5. The number of hydrogen-bond donors (Lipinski definition) is 1. The van der Waals surface area contributed by atoms with Crippen molar-refractivity contribution >= 4 is 22.4 Å². The lowest BCUT2D eigenvalue weighted by Crippen LogP contribution is -2.38. The standard InChI is InChI=1S/C12H20N4O2S/c1-3-13-10-8-12(15-11(14-10)9-18-2)16-4-6-19(17)7-5-16/h8H,3-7,9H2,1-2H3,(H,13,14,15). The molecular formula is C12H20N4O2S. The molecule has 0 spiro atoms. The molecule has 1 aliphatic rings. The molecule has 1 saturated heterocycles. The quantitative estimate of drug-likeness (QED) is 0.855. The van der Waals surface area contributed by atoms with E-state index in [4.69, 9.17) is 4.74 Å². The van der Waals surface area contributed by atoms with Crippen LogP contribution in [0.25, 0.3) is 0 Å². The first-order valence-corrected chi connectivity index (χ1v) is 7.92. The summed E-state index contributed by atoms with van der Waals surface area (Å²) in [5.41, 5.74) is 0. The molecule has 2 heterocycles. The number of nitrogens with one attached hydrogen (secondary N) is 1. The van der Waals surface area contributed by atoms with Crippen molar-refractivity contribution in [3.8, 4) is 0 Å². The molecule has 6 nitrogen and oxygen atoms in total. The highest BCUT2D eigenvalue weighted by molar-refractivity contribution is 7.85. The van der Waals surface area contributed by atoms with Crippen LogP contribution in [0.3, 0.4) is 0 Å². The Hall–Kier alpha value is -1.21. The normalized spacial score (nSPS) is 16.6. The Balaban J connectivity index is 2.19. The predicted octanol–water partition coefficient (Wildman–Crippen LogP) is 0.623. The third-order valence-electron chi connectivity index (χ3n) is 2.89. The third-order valence-corrected chi connectivity index (χ3v) is 4.17. The van der Waals surface area contributed by atoms with Crippen molar-refractivity contribution in [2.75, 3.05) is 48.5 Å². The molecule has 7 heteroatoms. The Morgan fingerprint density at radius 3 is 2.79 bits per heavy atom. The van der Waals surface area contributed by atoms with Gasteiger partial charge in [-0.05, 0) is 6.92 Å². The minimum absolute atomic E-state index is 0.395. The predicted molar refractivity (Wildman–Crippen MR) is 77.0 cm³/mol. The maximum absolute atomic E-state index is 11.4. The van der Waals surface area contributed by atoms with E-state index in [1.165, 1.54) is 0 Å². The first-order chi connectivity index (χ1) is 9.22. The summed E-state index contributed by atoms with van der Waals surface area (Å²) in [5, 5.41) is 3.20. The van der Waals surface area contributed by atoms with Crippen LogP contribution in [0.15, 0.2) is 6.07 Å². The lowest BCUT2D eigenvalue weighted by atomic mass is 10.4. The first-order valence-electron chi connectivity index (χ1n) is 6.43. The molecule has 0 atom stereocenters. The summed E-state index contributed by atoms with van der Waals surface area (Å²) in [4.78, 5) is 11.0. The highest BCUT2D eigenvalue weighted by atomic mass is 32.2. The molecule has 0 saturated carbocycles. The second-order valence-corrected chi connectivity index (χ2v) is 6.02. The Kier molecular flexibility index (Phi) is 5.09. The van der Waals surface area contributed by atoms with E-state index in [-0.39, 0.29) is 0 Å². The second-order valence-electron chi connectivity index (χ2n) is 4.33. The van der Waals surface area contributed by atoms with E-state index in [0.29, 0.717) is 23.9 Å². The minimum Gasteiger partial charge on any atom is -0.377 e. The summed E-state index contributed by atoms with van der Waals surface area (Å²) in [7, 11) is 0.954. The van der Waals surface area contributed by atoms with Crippen molar-refractivity contribution in [1.82, 2.24) is 9.97 Å². The van der Waals surface area contributed by atoms with E-state index in [2.05, 4.69) is 20.2 Å². The van der Waals surface area contributed by atoms with Gasteiger partial charge in [0.15, 0.2) is 5.82 Å². The Bertz CT molecular complexity index is 421. The van der Waals surface area contributed by atoms with Crippen molar-refractivity contribution < 1.29 is 8.95 Å². The fourth-order valence-corrected chi connectivity index (χ4v) is 3.03. The molecule has 0 unspecified atom stereocenters. The summed E-state index contributed by atoms with van der Waals surface area (Å²) in [6.45, 7) is 4.80. The number of aromatic nitrogens is 2. The summed E-state index contributed by atoms with van der Waals surface area (Å²) < 4.78 is 16.5. The molecule has 0 radical (unpaired) electrons. The first kappa shape index (κ1) is 14.2. The van der Waals surface area contributed by atoms with Crippen LogP contribution in [-0.4, -0.2) is 52.4 Å². The molecule has 0 aliphatic carbocycles. The van der Waals surface area contributed by atoms with Gasteiger partial charge in [-0.3, -0.25) is 4.21 Å². The number of anilines is 2. The molecule has 19 heavy (non-hydrogen) atoms. The van der Waals surface area contributed by atoms with Crippen molar-refractivity contribution in [2.24, 2.45) is 0 Å². The Morgan fingerprint density at radius 1 is 1.42 bits per heavy atom. The molecule has 0 bridgehead atoms. The van der Waals surface area contributed by atoms with E-state index in [1.807, 2.05) is 13.0 Å². The lowest BCUT2D eigenvalue weighted by Gasteiger charge is -2.27. The maximum Gasteiger partial charge on any atom is 0.158 e. The molecule has 0 aromatic carbocycles. The number of ether oxygens (including phenoxy) is 1. The number of methoxy groups -OCH3 is 1. The van der Waals surface area contributed by atoms with Crippen molar-refractivity contribution in [3.63, 3.8) is 0 Å². The highest BCUT2D eigenvalue weighted by Gasteiger charge is 2.18. The SMILES string of the molecule is CCNc1cc(N2CCS(=O)CC2)nc(COC)n1. The zero-order chi connectivity index (χ0) is 13.7. The zero-order valence-electron chi connectivity index (χ0n) is 11.4. The second kappa shape index (κ2) is 6.81. The van der Waals surface area contributed by atoms with Gasteiger partial charge in [-0.2, -0.15) is 0 Å². The maximum atomic E-state index is 11.4. The highest BCUT2D eigenvalue weighted by Crippen LogP contribution is 2.18.